The summed E-state index contributed by atoms with van der Waals surface area (Å²) in [7, 11) is 0. The van der Waals surface area contributed by atoms with Gasteiger partial charge in [0.2, 0.25) is 0 Å². The first-order valence-corrected chi connectivity index (χ1v) is 8.55. The Kier molecular flexibility index (Phi) is 6.15. The van der Waals surface area contributed by atoms with Gasteiger partial charge in [0.15, 0.2) is 0 Å². The van der Waals surface area contributed by atoms with Crippen molar-refractivity contribution in [1.29, 1.82) is 0 Å². The second-order valence-corrected chi connectivity index (χ2v) is 7.16. The molecule has 1 aromatic carbocycles. The number of rotatable bonds is 7. The van der Waals surface area contributed by atoms with Crippen LogP contribution in [0.15, 0.2) is 18.2 Å². The molecule has 114 valence electrons. The molecule has 0 amide bonds. The lowest BCUT2D eigenvalue weighted by molar-refractivity contribution is 0.542. The zero-order chi connectivity index (χ0) is 15.2. The number of hydrogen-bond acceptors (Lipinski definition) is 4. The molecule has 0 radical (unpaired) electrons. The Bertz CT molecular complexity index is 581. The van der Waals surface area contributed by atoms with Crippen LogP contribution < -0.4 is 5.32 Å². The molecule has 2 aromatic rings. The van der Waals surface area contributed by atoms with Gasteiger partial charge in [0.05, 0.1) is 0 Å². The van der Waals surface area contributed by atoms with E-state index in [0.29, 0.717) is 5.92 Å². The standard InChI is InChI=1S/C16H22ClN3S/c1-11(2)10-18-8-4-5-15-19-20-16(21-15)14-9-13(17)7-6-12(14)3/h6-7,9,11,18H,4-5,8,10H2,1-3H3. The highest BCUT2D eigenvalue weighted by atomic mass is 35.5. The van der Waals surface area contributed by atoms with Gasteiger partial charge in [-0.15, -0.1) is 10.2 Å². The maximum atomic E-state index is 6.07. The summed E-state index contributed by atoms with van der Waals surface area (Å²) in [5, 5.41) is 14.8. The minimum atomic E-state index is 0.698. The second kappa shape index (κ2) is 7.87. The van der Waals surface area contributed by atoms with Crippen LogP contribution >= 0.6 is 22.9 Å². The van der Waals surface area contributed by atoms with Gasteiger partial charge in [-0.1, -0.05) is 42.9 Å². The number of hydrogen-bond donors (Lipinski definition) is 1. The van der Waals surface area contributed by atoms with Crippen molar-refractivity contribution in [2.75, 3.05) is 13.1 Å². The Morgan fingerprint density at radius 1 is 1.29 bits per heavy atom. The van der Waals surface area contributed by atoms with Gasteiger partial charge >= 0.3 is 0 Å². The van der Waals surface area contributed by atoms with Gasteiger partial charge < -0.3 is 5.32 Å². The Balaban J connectivity index is 1.91. The molecule has 0 aliphatic heterocycles. The zero-order valence-electron chi connectivity index (χ0n) is 12.8. The summed E-state index contributed by atoms with van der Waals surface area (Å²) in [6, 6.07) is 5.89. The van der Waals surface area contributed by atoms with E-state index in [0.717, 1.165) is 46.5 Å². The van der Waals surface area contributed by atoms with E-state index in [1.54, 1.807) is 11.3 Å². The Morgan fingerprint density at radius 3 is 2.86 bits per heavy atom. The molecular formula is C16H22ClN3S. The van der Waals surface area contributed by atoms with Crippen molar-refractivity contribution < 1.29 is 0 Å². The first-order chi connectivity index (χ1) is 10.1. The van der Waals surface area contributed by atoms with Gasteiger partial charge in [-0.05, 0) is 50.0 Å². The summed E-state index contributed by atoms with van der Waals surface area (Å²) in [6.45, 7) is 8.61. The van der Waals surface area contributed by atoms with Gasteiger partial charge in [-0.25, -0.2) is 0 Å². The van der Waals surface area contributed by atoms with E-state index in [4.69, 9.17) is 11.6 Å². The van der Waals surface area contributed by atoms with Crippen molar-refractivity contribution >= 4 is 22.9 Å². The third-order valence-electron chi connectivity index (χ3n) is 3.19. The molecular weight excluding hydrogens is 302 g/mol. The molecule has 0 saturated heterocycles. The van der Waals surface area contributed by atoms with Crippen LogP contribution in [0.4, 0.5) is 0 Å². The summed E-state index contributed by atoms with van der Waals surface area (Å²) >= 11 is 7.73. The Labute approximate surface area is 135 Å². The molecule has 0 aliphatic rings. The number of halogens is 1. The highest BCUT2D eigenvalue weighted by molar-refractivity contribution is 7.14. The van der Waals surface area contributed by atoms with Gasteiger partial charge in [0, 0.05) is 17.0 Å². The SMILES string of the molecule is Cc1ccc(Cl)cc1-c1nnc(CCCNCC(C)C)s1. The molecule has 1 aromatic heterocycles. The molecule has 0 unspecified atom stereocenters. The van der Waals surface area contributed by atoms with E-state index in [2.05, 4.69) is 36.3 Å². The van der Waals surface area contributed by atoms with Crippen LogP contribution in [-0.4, -0.2) is 23.3 Å². The van der Waals surface area contributed by atoms with Crippen LogP contribution in [0.25, 0.3) is 10.6 Å². The zero-order valence-corrected chi connectivity index (χ0v) is 14.4. The van der Waals surface area contributed by atoms with Crippen LogP contribution in [0.1, 0.15) is 30.8 Å². The minimum Gasteiger partial charge on any atom is -0.316 e. The van der Waals surface area contributed by atoms with Crippen molar-refractivity contribution in [1.82, 2.24) is 15.5 Å². The van der Waals surface area contributed by atoms with E-state index in [9.17, 15) is 0 Å². The van der Waals surface area contributed by atoms with E-state index in [1.807, 2.05) is 18.2 Å². The van der Waals surface area contributed by atoms with E-state index in [1.165, 1.54) is 5.56 Å². The van der Waals surface area contributed by atoms with Gasteiger partial charge in [0.1, 0.15) is 10.0 Å². The van der Waals surface area contributed by atoms with Crippen LogP contribution in [-0.2, 0) is 6.42 Å². The molecule has 0 fully saturated rings. The molecule has 1 N–H and O–H groups in total. The fourth-order valence-electron chi connectivity index (χ4n) is 2.04. The van der Waals surface area contributed by atoms with E-state index in [-0.39, 0.29) is 0 Å². The monoisotopic (exact) mass is 323 g/mol. The first-order valence-electron chi connectivity index (χ1n) is 7.36. The van der Waals surface area contributed by atoms with Gasteiger partial charge in [0.25, 0.3) is 0 Å². The summed E-state index contributed by atoms with van der Waals surface area (Å²) in [4.78, 5) is 0. The van der Waals surface area contributed by atoms with Crippen LogP contribution in [0.5, 0.6) is 0 Å². The van der Waals surface area contributed by atoms with Crippen molar-refractivity contribution in [3.63, 3.8) is 0 Å². The van der Waals surface area contributed by atoms with E-state index < -0.39 is 0 Å². The number of aromatic nitrogens is 2. The van der Waals surface area contributed by atoms with Crippen LogP contribution in [0, 0.1) is 12.8 Å². The highest BCUT2D eigenvalue weighted by Crippen LogP contribution is 2.29. The molecule has 1 heterocycles. The lowest BCUT2D eigenvalue weighted by atomic mass is 10.1. The minimum absolute atomic E-state index is 0.698. The topological polar surface area (TPSA) is 37.8 Å². The molecule has 0 bridgehead atoms. The predicted octanol–water partition coefficient (Wildman–Crippen LogP) is 4.35. The number of benzene rings is 1. The number of aryl methyl sites for hydroxylation is 2. The summed E-state index contributed by atoms with van der Waals surface area (Å²) in [6.07, 6.45) is 2.07. The molecule has 3 nitrogen and oxygen atoms in total. The maximum Gasteiger partial charge on any atom is 0.148 e. The quantitative estimate of drug-likeness (QED) is 0.770. The Morgan fingerprint density at radius 2 is 2.10 bits per heavy atom. The molecule has 21 heavy (non-hydrogen) atoms. The fraction of sp³-hybridized carbons (Fsp3) is 0.500. The average Bonchev–Trinajstić information content (AvgIpc) is 2.89. The predicted molar refractivity (Wildman–Crippen MR) is 91.1 cm³/mol. The lowest BCUT2D eigenvalue weighted by Gasteiger charge is -2.05. The van der Waals surface area contributed by atoms with Crippen molar-refractivity contribution in [3.8, 4) is 10.6 Å². The van der Waals surface area contributed by atoms with Gasteiger partial charge in [-0.3, -0.25) is 0 Å². The molecule has 2 rings (SSSR count). The van der Waals surface area contributed by atoms with Crippen LogP contribution in [0.2, 0.25) is 5.02 Å². The molecule has 0 spiro atoms. The first kappa shape index (κ1) is 16.4. The van der Waals surface area contributed by atoms with Crippen LogP contribution in [0.3, 0.4) is 0 Å². The summed E-state index contributed by atoms with van der Waals surface area (Å²) in [5.74, 6) is 0.698. The highest BCUT2D eigenvalue weighted by Gasteiger charge is 2.09. The molecule has 5 heteroatoms. The number of nitrogens with one attached hydrogen (secondary N) is 1. The van der Waals surface area contributed by atoms with Crippen molar-refractivity contribution in [2.24, 2.45) is 5.92 Å². The van der Waals surface area contributed by atoms with Crippen molar-refractivity contribution in [2.45, 2.75) is 33.6 Å². The van der Waals surface area contributed by atoms with Gasteiger partial charge in [-0.2, -0.15) is 0 Å². The average molecular weight is 324 g/mol. The largest absolute Gasteiger partial charge is 0.316 e. The summed E-state index contributed by atoms with van der Waals surface area (Å²) < 4.78 is 0. The normalized spacial score (nSPS) is 11.3. The molecule has 0 aliphatic carbocycles. The molecule has 0 saturated carbocycles. The third-order valence-corrected chi connectivity index (χ3v) is 4.45. The van der Waals surface area contributed by atoms with Crippen molar-refractivity contribution in [3.05, 3.63) is 33.8 Å². The third kappa shape index (κ3) is 5.06. The maximum absolute atomic E-state index is 6.07. The molecule has 0 atom stereocenters. The fourth-order valence-corrected chi connectivity index (χ4v) is 3.18. The second-order valence-electron chi connectivity index (χ2n) is 5.66. The summed E-state index contributed by atoms with van der Waals surface area (Å²) in [5.41, 5.74) is 2.27. The smallest absolute Gasteiger partial charge is 0.148 e. The van der Waals surface area contributed by atoms with E-state index >= 15 is 0 Å². The number of nitrogens with zero attached hydrogens (tertiary/aromatic N) is 2. The Hall–Kier alpha value is -0.970. The lowest BCUT2D eigenvalue weighted by Crippen LogP contribution is -2.21.